The first-order valence-corrected chi connectivity index (χ1v) is 11.2. The molecule has 166 valence electrons. The molecule has 0 saturated heterocycles. The third-order valence-electron chi connectivity index (χ3n) is 4.78. The van der Waals surface area contributed by atoms with E-state index in [9.17, 15) is 9.18 Å². The Bertz CT molecular complexity index is 1240. The van der Waals surface area contributed by atoms with Crippen molar-refractivity contribution < 1.29 is 13.9 Å². The number of anilines is 1. The second kappa shape index (κ2) is 10.7. The van der Waals surface area contributed by atoms with Crippen LogP contribution in [-0.4, -0.2) is 15.9 Å². The van der Waals surface area contributed by atoms with Crippen LogP contribution in [-0.2, 0) is 17.9 Å². The van der Waals surface area contributed by atoms with E-state index in [4.69, 9.17) is 4.74 Å². The fourth-order valence-electron chi connectivity index (χ4n) is 3.17. The van der Waals surface area contributed by atoms with Crippen molar-refractivity contribution in [1.29, 1.82) is 0 Å². The number of hydrogen-bond donors (Lipinski definition) is 0. The van der Waals surface area contributed by atoms with E-state index < -0.39 is 0 Å². The average Bonchev–Trinajstić information content (AvgIpc) is 3.26. The molecule has 2 aromatic carbocycles. The standard InChI is InChI=1S/C26H22FN3O2S/c1-19-29-23(18-33-19)17-32-25-7-4-5-20(15-25)8-13-26(31)30(16-22-6-2-3-14-28-22)24-11-9-21(27)10-12-24/h2-15,18H,16-17H2,1H3/b13-8+. The number of rotatable bonds is 8. The second-order valence-corrected chi connectivity index (χ2v) is 8.34. The molecule has 0 N–H and O–H groups in total. The molecule has 7 heteroatoms. The van der Waals surface area contributed by atoms with Crippen molar-refractivity contribution in [3.63, 3.8) is 0 Å². The fraction of sp³-hybridized carbons (Fsp3) is 0.115. The van der Waals surface area contributed by atoms with Gasteiger partial charge in [0.25, 0.3) is 5.91 Å². The molecule has 33 heavy (non-hydrogen) atoms. The van der Waals surface area contributed by atoms with Crippen LogP contribution in [0.3, 0.4) is 0 Å². The SMILES string of the molecule is Cc1nc(COc2cccc(/C=C/C(=O)N(Cc3ccccn3)c3ccc(F)cc3)c2)cs1. The Balaban J connectivity index is 1.48. The summed E-state index contributed by atoms with van der Waals surface area (Å²) in [4.78, 5) is 23.3. The highest BCUT2D eigenvalue weighted by molar-refractivity contribution is 7.09. The molecule has 4 aromatic rings. The number of carbonyl (C=O) groups is 1. The number of amides is 1. The zero-order valence-corrected chi connectivity index (χ0v) is 18.8. The maximum atomic E-state index is 13.4. The number of nitrogens with zero attached hydrogens (tertiary/aromatic N) is 3. The molecule has 2 aromatic heterocycles. The fourth-order valence-corrected chi connectivity index (χ4v) is 3.77. The zero-order valence-electron chi connectivity index (χ0n) is 18.0. The van der Waals surface area contributed by atoms with E-state index >= 15 is 0 Å². The molecule has 5 nitrogen and oxygen atoms in total. The van der Waals surface area contributed by atoms with Crippen LogP contribution in [0.5, 0.6) is 5.75 Å². The van der Waals surface area contributed by atoms with E-state index in [0.29, 0.717) is 18.0 Å². The number of aromatic nitrogens is 2. The summed E-state index contributed by atoms with van der Waals surface area (Å²) in [7, 11) is 0. The number of ether oxygens (including phenoxy) is 1. The van der Waals surface area contributed by atoms with Crippen LogP contribution >= 0.6 is 11.3 Å². The first kappa shape index (κ1) is 22.4. The number of hydrogen-bond acceptors (Lipinski definition) is 5. The lowest BCUT2D eigenvalue weighted by Crippen LogP contribution is -2.29. The summed E-state index contributed by atoms with van der Waals surface area (Å²) in [6.45, 7) is 2.62. The van der Waals surface area contributed by atoms with Gasteiger partial charge in [0.1, 0.15) is 18.2 Å². The molecule has 0 aliphatic heterocycles. The number of aryl methyl sites for hydroxylation is 1. The Hall–Kier alpha value is -3.84. The van der Waals surface area contributed by atoms with Gasteiger partial charge in [0.15, 0.2) is 0 Å². The molecule has 2 heterocycles. The third kappa shape index (κ3) is 6.33. The Morgan fingerprint density at radius 3 is 2.67 bits per heavy atom. The molecule has 0 unspecified atom stereocenters. The quantitative estimate of drug-likeness (QED) is 0.312. The monoisotopic (exact) mass is 459 g/mol. The van der Waals surface area contributed by atoms with Gasteiger partial charge in [-0.2, -0.15) is 0 Å². The first-order chi connectivity index (χ1) is 16.1. The minimum absolute atomic E-state index is 0.239. The van der Waals surface area contributed by atoms with Crippen molar-refractivity contribution in [3.8, 4) is 5.75 Å². The number of halogens is 1. The van der Waals surface area contributed by atoms with Gasteiger partial charge in [-0.3, -0.25) is 9.78 Å². The third-order valence-corrected chi connectivity index (χ3v) is 5.60. The molecule has 4 rings (SSSR count). The summed E-state index contributed by atoms with van der Waals surface area (Å²) in [6, 6.07) is 18.9. The van der Waals surface area contributed by atoms with Gasteiger partial charge < -0.3 is 9.64 Å². The van der Waals surface area contributed by atoms with Gasteiger partial charge in [0, 0.05) is 23.3 Å². The van der Waals surface area contributed by atoms with Gasteiger partial charge >= 0.3 is 0 Å². The highest BCUT2D eigenvalue weighted by atomic mass is 32.1. The van der Waals surface area contributed by atoms with Crippen LogP contribution in [0.1, 0.15) is 22.0 Å². The predicted molar refractivity (Wildman–Crippen MR) is 128 cm³/mol. The van der Waals surface area contributed by atoms with Gasteiger partial charge in [-0.25, -0.2) is 9.37 Å². The Kier molecular flexibility index (Phi) is 7.22. The van der Waals surface area contributed by atoms with Crippen LogP contribution in [0.25, 0.3) is 6.08 Å². The Morgan fingerprint density at radius 1 is 1.09 bits per heavy atom. The minimum Gasteiger partial charge on any atom is -0.487 e. The van der Waals surface area contributed by atoms with E-state index in [-0.39, 0.29) is 18.3 Å². The van der Waals surface area contributed by atoms with E-state index in [0.717, 1.165) is 22.0 Å². The summed E-state index contributed by atoms with van der Waals surface area (Å²) >= 11 is 1.59. The van der Waals surface area contributed by atoms with Crippen molar-refractivity contribution in [3.05, 3.63) is 112 Å². The Labute approximate surface area is 195 Å². The second-order valence-electron chi connectivity index (χ2n) is 7.27. The van der Waals surface area contributed by atoms with E-state index in [1.807, 2.05) is 54.8 Å². The van der Waals surface area contributed by atoms with Crippen LogP contribution in [0.2, 0.25) is 0 Å². The number of thiazole rings is 1. The summed E-state index contributed by atoms with van der Waals surface area (Å²) in [5.74, 6) is 0.0970. The predicted octanol–water partition coefficient (Wildman–Crippen LogP) is 5.81. The molecule has 1 amide bonds. The van der Waals surface area contributed by atoms with Gasteiger partial charge in [0.05, 0.1) is 22.9 Å². The van der Waals surface area contributed by atoms with E-state index in [1.165, 1.54) is 18.2 Å². The summed E-state index contributed by atoms with van der Waals surface area (Å²) in [5.41, 5.74) is 3.04. The minimum atomic E-state index is -0.357. The van der Waals surface area contributed by atoms with Crippen molar-refractivity contribution in [2.75, 3.05) is 4.90 Å². The molecule has 0 fully saturated rings. The maximum absolute atomic E-state index is 13.4. The van der Waals surface area contributed by atoms with Crippen molar-refractivity contribution in [2.45, 2.75) is 20.1 Å². The molecular weight excluding hydrogens is 437 g/mol. The molecular formula is C26H22FN3O2S. The topological polar surface area (TPSA) is 55.3 Å². The molecule has 0 aliphatic carbocycles. The normalized spacial score (nSPS) is 11.0. The Morgan fingerprint density at radius 2 is 1.94 bits per heavy atom. The highest BCUT2D eigenvalue weighted by Gasteiger charge is 2.15. The van der Waals surface area contributed by atoms with Crippen molar-refractivity contribution in [2.24, 2.45) is 0 Å². The lowest BCUT2D eigenvalue weighted by molar-refractivity contribution is -0.114. The molecule has 0 saturated carbocycles. The first-order valence-electron chi connectivity index (χ1n) is 10.4. The summed E-state index contributed by atoms with van der Waals surface area (Å²) < 4.78 is 19.2. The smallest absolute Gasteiger partial charge is 0.251 e. The number of pyridine rings is 1. The molecule has 0 bridgehead atoms. The van der Waals surface area contributed by atoms with Crippen LogP contribution in [0, 0.1) is 12.7 Å². The van der Waals surface area contributed by atoms with Crippen molar-refractivity contribution in [1.82, 2.24) is 9.97 Å². The van der Waals surface area contributed by atoms with E-state index in [2.05, 4.69) is 9.97 Å². The summed E-state index contributed by atoms with van der Waals surface area (Å²) in [6.07, 6.45) is 4.91. The number of benzene rings is 2. The molecule has 0 aliphatic rings. The zero-order chi connectivity index (χ0) is 23.0. The molecule has 0 atom stereocenters. The van der Waals surface area contributed by atoms with Gasteiger partial charge in [-0.1, -0.05) is 18.2 Å². The van der Waals surface area contributed by atoms with Crippen LogP contribution < -0.4 is 9.64 Å². The van der Waals surface area contributed by atoms with Crippen molar-refractivity contribution >= 4 is 29.0 Å². The average molecular weight is 460 g/mol. The van der Waals surface area contributed by atoms with E-state index in [1.54, 1.807) is 40.6 Å². The molecule has 0 spiro atoms. The number of carbonyl (C=O) groups excluding carboxylic acids is 1. The van der Waals surface area contributed by atoms with Gasteiger partial charge in [0.2, 0.25) is 0 Å². The summed E-state index contributed by atoms with van der Waals surface area (Å²) in [5, 5.41) is 2.98. The highest BCUT2D eigenvalue weighted by Crippen LogP contribution is 2.20. The lowest BCUT2D eigenvalue weighted by atomic mass is 10.2. The van der Waals surface area contributed by atoms with Gasteiger partial charge in [-0.05, 0) is 67.1 Å². The maximum Gasteiger partial charge on any atom is 0.251 e. The van der Waals surface area contributed by atoms with Crippen LogP contribution in [0.15, 0.2) is 84.4 Å². The van der Waals surface area contributed by atoms with Crippen LogP contribution in [0.4, 0.5) is 10.1 Å². The largest absolute Gasteiger partial charge is 0.487 e. The van der Waals surface area contributed by atoms with Gasteiger partial charge in [-0.15, -0.1) is 11.3 Å². The lowest BCUT2D eigenvalue weighted by Gasteiger charge is -2.21. The molecule has 0 radical (unpaired) electrons.